The molecule has 282 valence electrons. The number of likely N-dealkylation sites (N-methyl/N-ethyl adjacent to an activating group) is 1. The summed E-state index contributed by atoms with van der Waals surface area (Å²) in [6.07, 6.45) is 10.6. The number of aromatic nitrogens is 3. The van der Waals surface area contributed by atoms with Crippen LogP contribution in [0, 0.1) is 17.0 Å². The zero-order chi connectivity index (χ0) is 38.3. The number of nitrogens with two attached hydrogens (primary N) is 1. The number of hydrogen-bond acceptors (Lipinski definition) is 9. The Morgan fingerprint density at radius 3 is 2.52 bits per heavy atom. The number of allylic oxidation sites excluding steroid dienone is 1. The van der Waals surface area contributed by atoms with Crippen LogP contribution in [0.25, 0.3) is 22.9 Å². The third-order valence-electron chi connectivity index (χ3n) is 11.6. The maximum Gasteiger partial charge on any atom is 0.254 e. The van der Waals surface area contributed by atoms with Crippen LogP contribution in [-0.2, 0) is 0 Å². The van der Waals surface area contributed by atoms with Crippen molar-refractivity contribution in [2.24, 2.45) is 5.41 Å². The second-order valence-electron chi connectivity index (χ2n) is 14.8. The van der Waals surface area contributed by atoms with E-state index in [4.69, 9.17) is 10.7 Å². The Kier molecular flexibility index (Phi) is 10.0. The van der Waals surface area contributed by atoms with Crippen LogP contribution in [0.15, 0.2) is 74.2 Å². The molecule has 1 atom stereocenters. The van der Waals surface area contributed by atoms with E-state index < -0.39 is 5.82 Å². The molecule has 1 unspecified atom stereocenters. The summed E-state index contributed by atoms with van der Waals surface area (Å²) in [5, 5.41) is 3.04. The van der Waals surface area contributed by atoms with E-state index in [2.05, 4.69) is 39.8 Å². The normalized spacial score (nSPS) is 17.5. The molecule has 1 amide bonds. The Bertz CT molecular complexity index is 2130. The number of benzene rings is 2. The number of hydrogen-bond donors (Lipinski definition) is 2. The third-order valence-corrected chi connectivity index (χ3v) is 11.6. The number of nitrogens with zero attached hydrogens (tertiary/aromatic N) is 7. The van der Waals surface area contributed by atoms with Gasteiger partial charge in [-0.25, -0.2) is 18.7 Å². The second kappa shape index (κ2) is 14.7. The monoisotopic (exact) mass is 735 g/mol. The first kappa shape index (κ1) is 36.8. The molecule has 4 aromatic rings. The Balaban J connectivity index is 0.982. The van der Waals surface area contributed by atoms with Gasteiger partial charge in [0.1, 0.15) is 34.9 Å². The first-order chi connectivity index (χ1) is 26.0. The lowest BCUT2D eigenvalue weighted by Gasteiger charge is -2.60. The van der Waals surface area contributed by atoms with Crippen LogP contribution in [0.1, 0.15) is 52.0 Å². The maximum atomic E-state index is 15.5. The van der Waals surface area contributed by atoms with Crippen LogP contribution in [-0.4, -0.2) is 102 Å². The molecule has 3 fully saturated rings. The number of halogens is 2. The van der Waals surface area contributed by atoms with Crippen LogP contribution in [0.2, 0.25) is 0 Å². The van der Waals surface area contributed by atoms with Gasteiger partial charge in [0.05, 0.1) is 11.7 Å². The summed E-state index contributed by atoms with van der Waals surface area (Å²) in [5.41, 5.74) is 10.1. The van der Waals surface area contributed by atoms with Crippen molar-refractivity contribution in [3.63, 3.8) is 0 Å². The number of amides is 1. The minimum Gasteiger partial charge on any atom is -0.392 e. The first-order valence-corrected chi connectivity index (χ1v) is 18.3. The summed E-state index contributed by atoms with van der Waals surface area (Å²) < 4.78 is 32.5. The number of likely N-dealkylation sites (tertiary alicyclic amines) is 1. The average molecular weight is 736 g/mol. The topological polar surface area (TPSA) is 115 Å². The summed E-state index contributed by atoms with van der Waals surface area (Å²) in [4.78, 5) is 42.4. The van der Waals surface area contributed by atoms with Gasteiger partial charge >= 0.3 is 0 Å². The fourth-order valence-electron chi connectivity index (χ4n) is 8.14. The molecule has 13 heteroatoms. The van der Waals surface area contributed by atoms with E-state index in [9.17, 15) is 9.59 Å². The van der Waals surface area contributed by atoms with Gasteiger partial charge < -0.3 is 25.8 Å². The van der Waals surface area contributed by atoms with Crippen LogP contribution >= 0.6 is 0 Å². The zero-order valence-electron chi connectivity index (χ0n) is 30.9. The van der Waals surface area contributed by atoms with Gasteiger partial charge in [0.2, 0.25) is 5.95 Å². The quantitative estimate of drug-likeness (QED) is 0.133. The molecule has 3 aliphatic heterocycles. The molecule has 7 rings (SSSR count). The van der Waals surface area contributed by atoms with E-state index in [-0.39, 0.29) is 40.1 Å². The zero-order valence-corrected chi connectivity index (χ0v) is 30.9. The molecular formula is C41H47F2N9O2. The fraction of sp³-hybridized carbons (Fsp3) is 0.366. The lowest BCUT2D eigenvalue weighted by molar-refractivity contribution is -0.0536. The van der Waals surface area contributed by atoms with Crippen molar-refractivity contribution in [2.75, 3.05) is 68.9 Å². The molecule has 2 aromatic heterocycles. The summed E-state index contributed by atoms with van der Waals surface area (Å²) >= 11 is 0. The number of nitrogens with one attached hydrogen (secondary N) is 1. The van der Waals surface area contributed by atoms with Gasteiger partial charge in [-0.05, 0) is 60.9 Å². The maximum absolute atomic E-state index is 15.5. The van der Waals surface area contributed by atoms with Gasteiger partial charge in [-0.3, -0.25) is 18.9 Å². The van der Waals surface area contributed by atoms with Gasteiger partial charge in [0.25, 0.3) is 5.91 Å². The molecule has 3 N–H and O–H groups in total. The van der Waals surface area contributed by atoms with Crippen molar-refractivity contribution in [1.82, 2.24) is 29.5 Å². The van der Waals surface area contributed by atoms with E-state index in [0.29, 0.717) is 72.2 Å². The number of nitrogen functional groups attached to an aromatic ring is 1. The number of aldehydes is 1. The molecule has 3 saturated heterocycles. The molecule has 0 saturated carbocycles. The third kappa shape index (κ3) is 6.61. The summed E-state index contributed by atoms with van der Waals surface area (Å²) in [5.74, 6) is -0.192. The van der Waals surface area contributed by atoms with Crippen molar-refractivity contribution in [1.29, 1.82) is 0 Å². The second-order valence-corrected chi connectivity index (χ2v) is 14.8. The highest BCUT2D eigenvalue weighted by atomic mass is 19.1. The van der Waals surface area contributed by atoms with E-state index in [0.717, 1.165) is 44.7 Å². The van der Waals surface area contributed by atoms with Gasteiger partial charge in [-0.2, -0.15) is 0 Å². The standard InChI is InChI=1S/C41H47F2N9O2/c1-6-28-19-34(43)35(20-32(28)39(54)48(5)29(7-2)10-8-26(3)45-4)50-21-30(22-50)51-24-41(25-51)12-15-49(16-13-41)40-47-36(37-38(44)46-14-17-52(37)40)31-11-9-27(23-53)18-33(31)42/h6-7,9,11,14,17-20,23,29-30,45H,1-3,8,10,12-13,15-16,21-22,24-25H2,4-5H3,(H2,44,46). The van der Waals surface area contributed by atoms with Gasteiger partial charge in [-0.1, -0.05) is 31.4 Å². The van der Waals surface area contributed by atoms with E-state index in [1.165, 1.54) is 18.2 Å². The van der Waals surface area contributed by atoms with E-state index in [1.807, 2.05) is 16.3 Å². The smallest absolute Gasteiger partial charge is 0.254 e. The molecule has 5 heterocycles. The number of piperidine rings is 1. The molecule has 11 nitrogen and oxygen atoms in total. The summed E-state index contributed by atoms with van der Waals surface area (Å²) in [7, 11) is 3.57. The highest BCUT2D eigenvalue weighted by Crippen LogP contribution is 2.44. The first-order valence-electron chi connectivity index (χ1n) is 18.3. The van der Waals surface area contributed by atoms with Crippen molar-refractivity contribution in [3.8, 4) is 11.3 Å². The van der Waals surface area contributed by atoms with E-state index in [1.54, 1.807) is 48.6 Å². The lowest BCUT2D eigenvalue weighted by atomic mass is 9.71. The molecule has 1 spiro atoms. The molecular weight excluding hydrogens is 689 g/mol. The predicted molar refractivity (Wildman–Crippen MR) is 210 cm³/mol. The number of fused-ring (bicyclic) bond motifs is 1. The van der Waals surface area contributed by atoms with Crippen LogP contribution in [0.3, 0.4) is 0 Å². The number of rotatable bonds is 13. The molecule has 3 aliphatic rings. The average Bonchev–Trinajstić information content (AvgIpc) is 3.54. The van der Waals surface area contributed by atoms with Crippen LogP contribution in [0.4, 0.5) is 26.2 Å². The molecule has 54 heavy (non-hydrogen) atoms. The number of imidazole rings is 1. The number of carbonyl (C=O) groups is 2. The van der Waals surface area contributed by atoms with Crippen molar-refractivity contribution in [3.05, 3.63) is 103 Å². The van der Waals surface area contributed by atoms with Crippen molar-refractivity contribution < 1.29 is 18.4 Å². The van der Waals surface area contributed by atoms with Gasteiger partial charge in [-0.15, -0.1) is 6.58 Å². The SMILES string of the molecule is C=Cc1cc(F)c(N2CC(N3CC4(CCN(c5nc(-c6ccc(C=O)cc6F)c6c(N)nccn56)CC4)C3)C2)cc1C(=O)N(C)C(C=C)CCC(=C)NC. The summed E-state index contributed by atoms with van der Waals surface area (Å²) in [6, 6.07) is 7.49. The molecule has 0 radical (unpaired) electrons. The highest BCUT2D eigenvalue weighted by Gasteiger charge is 2.49. The van der Waals surface area contributed by atoms with Gasteiger partial charge in [0, 0.05) is 94.2 Å². The van der Waals surface area contributed by atoms with Crippen molar-refractivity contribution >= 4 is 41.2 Å². The minimum atomic E-state index is -0.547. The number of anilines is 3. The van der Waals surface area contributed by atoms with Crippen LogP contribution in [0.5, 0.6) is 0 Å². The Labute approximate surface area is 314 Å². The van der Waals surface area contributed by atoms with Crippen LogP contribution < -0.4 is 20.9 Å². The lowest BCUT2D eigenvalue weighted by Crippen LogP contribution is -2.70. The fourth-order valence-corrected chi connectivity index (χ4v) is 8.14. The molecule has 0 bridgehead atoms. The highest BCUT2D eigenvalue weighted by molar-refractivity contribution is 5.99. The van der Waals surface area contributed by atoms with Crippen molar-refractivity contribution in [2.45, 2.75) is 37.8 Å². The molecule has 0 aliphatic carbocycles. The minimum absolute atomic E-state index is 0.187. The Morgan fingerprint density at radius 1 is 1.13 bits per heavy atom. The van der Waals surface area contributed by atoms with E-state index >= 15 is 8.78 Å². The Morgan fingerprint density at radius 2 is 1.87 bits per heavy atom. The Hall–Kier alpha value is -5.56. The largest absolute Gasteiger partial charge is 0.392 e. The van der Waals surface area contributed by atoms with Gasteiger partial charge in [0.15, 0.2) is 0 Å². The predicted octanol–water partition coefficient (Wildman–Crippen LogP) is 5.64. The summed E-state index contributed by atoms with van der Waals surface area (Å²) in [6.45, 7) is 16.6. The number of carbonyl (C=O) groups excluding carboxylic acids is 2. The molecule has 2 aromatic carbocycles.